The number of piperidine rings is 1. The van der Waals surface area contributed by atoms with Crippen molar-refractivity contribution in [1.82, 2.24) is 10.2 Å². The molecule has 1 saturated heterocycles. The van der Waals surface area contributed by atoms with Gasteiger partial charge in [-0.05, 0) is 57.0 Å². The summed E-state index contributed by atoms with van der Waals surface area (Å²) in [6.45, 7) is 7.47. The number of rotatable bonds is 7. The smallest absolute Gasteiger partial charge is 0.0431 e. The van der Waals surface area contributed by atoms with Crippen molar-refractivity contribution in [2.24, 2.45) is 11.8 Å². The maximum atomic E-state index is 9.00. The highest BCUT2D eigenvalue weighted by Gasteiger charge is 2.26. The van der Waals surface area contributed by atoms with Crippen LogP contribution in [0.5, 0.6) is 0 Å². The van der Waals surface area contributed by atoms with Crippen molar-refractivity contribution in [2.75, 3.05) is 32.8 Å². The molecule has 0 aromatic carbocycles. The minimum absolute atomic E-state index is 0.350. The summed E-state index contributed by atoms with van der Waals surface area (Å²) >= 11 is 0. The molecule has 2 aliphatic rings. The van der Waals surface area contributed by atoms with E-state index in [-0.39, 0.29) is 0 Å². The summed E-state index contributed by atoms with van der Waals surface area (Å²) in [5, 5.41) is 12.8. The van der Waals surface area contributed by atoms with Crippen LogP contribution < -0.4 is 5.32 Å². The summed E-state index contributed by atoms with van der Waals surface area (Å²) in [5.41, 5.74) is 0. The van der Waals surface area contributed by atoms with Crippen LogP contribution >= 0.6 is 0 Å². The highest BCUT2D eigenvalue weighted by atomic mass is 16.2. The Morgan fingerprint density at radius 1 is 1.16 bits per heavy atom. The molecule has 1 saturated carbocycles. The average Bonchev–Trinajstić information content (AvgIpc) is 2.96. The Hall–Kier alpha value is -0.120. The molecule has 112 valence electrons. The fourth-order valence-electron chi connectivity index (χ4n) is 3.85. The van der Waals surface area contributed by atoms with E-state index in [1.54, 1.807) is 0 Å². The van der Waals surface area contributed by atoms with Crippen molar-refractivity contribution < 1.29 is 5.11 Å². The zero-order valence-electron chi connectivity index (χ0n) is 12.6. The van der Waals surface area contributed by atoms with Crippen molar-refractivity contribution in [3.8, 4) is 0 Å². The van der Waals surface area contributed by atoms with Crippen molar-refractivity contribution in [2.45, 2.75) is 57.9 Å². The van der Waals surface area contributed by atoms with Gasteiger partial charge < -0.3 is 15.3 Å². The maximum Gasteiger partial charge on any atom is 0.0431 e. The number of likely N-dealkylation sites (tertiary alicyclic amines) is 1. The van der Waals surface area contributed by atoms with Gasteiger partial charge in [-0.2, -0.15) is 0 Å². The topological polar surface area (TPSA) is 35.5 Å². The molecule has 1 aliphatic carbocycles. The number of aliphatic hydroxyl groups is 1. The molecule has 0 aromatic heterocycles. The molecule has 2 N–H and O–H groups in total. The van der Waals surface area contributed by atoms with Crippen LogP contribution in [0.15, 0.2) is 0 Å². The Morgan fingerprint density at radius 3 is 2.63 bits per heavy atom. The van der Waals surface area contributed by atoms with Crippen LogP contribution in [0.2, 0.25) is 0 Å². The second-order valence-electron chi connectivity index (χ2n) is 6.58. The number of likely N-dealkylation sites (N-methyl/N-ethyl adjacent to an activating group) is 1. The first kappa shape index (κ1) is 15.3. The number of nitrogens with zero attached hydrogens (tertiary/aromatic N) is 1. The fraction of sp³-hybridized carbons (Fsp3) is 1.00. The van der Waals surface area contributed by atoms with Crippen molar-refractivity contribution >= 4 is 0 Å². The van der Waals surface area contributed by atoms with Gasteiger partial charge in [0.2, 0.25) is 0 Å². The molecular weight excluding hydrogens is 236 g/mol. The lowest BCUT2D eigenvalue weighted by molar-refractivity contribution is 0.133. The zero-order valence-corrected chi connectivity index (χ0v) is 12.6. The normalized spacial score (nSPS) is 30.0. The van der Waals surface area contributed by atoms with E-state index in [1.807, 2.05) is 0 Å². The van der Waals surface area contributed by atoms with E-state index in [0.29, 0.717) is 12.6 Å². The number of aliphatic hydroxyl groups excluding tert-OH is 1. The standard InChI is InChI=1S/C16H32N2O/c1-2-18-12-15(8-5-9-19)10-16(13-18)17-11-14-6-3-4-7-14/h14-17,19H,2-13H2,1H3. The molecular formula is C16H32N2O. The lowest BCUT2D eigenvalue weighted by Crippen LogP contribution is -2.50. The van der Waals surface area contributed by atoms with Crippen LogP contribution in [0.3, 0.4) is 0 Å². The molecule has 3 nitrogen and oxygen atoms in total. The Labute approximate surface area is 118 Å². The van der Waals surface area contributed by atoms with E-state index in [9.17, 15) is 0 Å². The molecule has 1 heterocycles. The van der Waals surface area contributed by atoms with E-state index in [4.69, 9.17) is 5.11 Å². The van der Waals surface area contributed by atoms with Gasteiger partial charge >= 0.3 is 0 Å². The SMILES string of the molecule is CCN1CC(CCCO)CC(NCC2CCCC2)C1. The van der Waals surface area contributed by atoms with Gasteiger partial charge in [0.25, 0.3) is 0 Å². The molecule has 19 heavy (non-hydrogen) atoms. The lowest BCUT2D eigenvalue weighted by Gasteiger charge is -2.38. The number of nitrogens with one attached hydrogen (secondary N) is 1. The van der Waals surface area contributed by atoms with Gasteiger partial charge in [-0.1, -0.05) is 19.8 Å². The monoisotopic (exact) mass is 268 g/mol. The summed E-state index contributed by atoms with van der Waals surface area (Å²) in [6, 6.07) is 0.679. The van der Waals surface area contributed by atoms with Crippen LogP contribution in [0.25, 0.3) is 0 Å². The average molecular weight is 268 g/mol. The molecule has 1 aliphatic heterocycles. The van der Waals surface area contributed by atoms with E-state index >= 15 is 0 Å². The van der Waals surface area contributed by atoms with Crippen LogP contribution in [-0.2, 0) is 0 Å². The first-order valence-corrected chi connectivity index (χ1v) is 8.38. The summed E-state index contributed by atoms with van der Waals surface area (Å²) < 4.78 is 0. The van der Waals surface area contributed by atoms with Crippen molar-refractivity contribution in [1.29, 1.82) is 0 Å². The van der Waals surface area contributed by atoms with Gasteiger partial charge in [0, 0.05) is 25.7 Å². The molecule has 2 fully saturated rings. The fourth-order valence-corrected chi connectivity index (χ4v) is 3.85. The minimum Gasteiger partial charge on any atom is -0.396 e. The molecule has 0 radical (unpaired) electrons. The molecule has 2 atom stereocenters. The van der Waals surface area contributed by atoms with Crippen LogP contribution in [0.1, 0.15) is 51.9 Å². The number of hydrogen-bond donors (Lipinski definition) is 2. The Morgan fingerprint density at radius 2 is 1.95 bits per heavy atom. The van der Waals surface area contributed by atoms with Crippen molar-refractivity contribution in [3.63, 3.8) is 0 Å². The molecule has 0 spiro atoms. The van der Waals surface area contributed by atoms with E-state index in [0.717, 1.165) is 24.8 Å². The summed E-state index contributed by atoms with van der Waals surface area (Å²) in [7, 11) is 0. The zero-order chi connectivity index (χ0) is 13.5. The Bertz CT molecular complexity index is 241. The van der Waals surface area contributed by atoms with E-state index in [2.05, 4.69) is 17.1 Å². The van der Waals surface area contributed by atoms with Crippen molar-refractivity contribution in [3.05, 3.63) is 0 Å². The third kappa shape index (κ3) is 5.05. The van der Waals surface area contributed by atoms with Gasteiger partial charge in [-0.15, -0.1) is 0 Å². The largest absolute Gasteiger partial charge is 0.396 e. The quantitative estimate of drug-likeness (QED) is 0.743. The predicted molar refractivity (Wildman–Crippen MR) is 80.3 cm³/mol. The van der Waals surface area contributed by atoms with Crippen LogP contribution in [-0.4, -0.2) is 48.8 Å². The van der Waals surface area contributed by atoms with Gasteiger partial charge in [0.15, 0.2) is 0 Å². The Kier molecular flexibility index (Phi) is 6.62. The highest BCUT2D eigenvalue weighted by molar-refractivity contribution is 4.84. The van der Waals surface area contributed by atoms with Gasteiger partial charge in [0.1, 0.15) is 0 Å². The summed E-state index contributed by atoms with van der Waals surface area (Å²) in [6.07, 6.45) is 9.22. The molecule has 0 amide bonds. The minimum atomic E-state index is 0.350. The summed E-state index contributed by atoms with van der Waals surface area (Å²) in [4.78, 5) is 2.58. The molecule has 2 unspecified atom stereocenters. The third-order valence-corrected chi connectivity index (χ3v) is 5.00. The lowest BCUT2D eigenvalue weighted by atomic mass is 9.90. The first-order valence-electron chi connectivity index (χ1n) is 8.38. The second-order valence-corrected chi connectivity index (χ2v) is 6.58. The summed E-state index contributed by atoms with van der Waals surface area (Å²) in [5.74, 6) is 1.72. The predicted octanol–water partition coefficient (Wildman–Crippen LogP) is 2.25. The number of hydrogen-bond acceptors (Lipinski definition) is 3. The Balaban J connectivity index is 1.74. The second kappa shape index (κ2) is 8.23. The molecule has 0 bridgehead atoms. The van der Waals surface area contributed by atoms with Gasteiger partial charge in [-0.25, -0.2) is 0 Å². The molecule has 3 heteroatoms. The molecule has 0 aromatic rings. The first-order chi connectivity index (χ1) is 9.31. The van der Waals surface area contributed by atoms with Gasteiger partial charge in [0.05, 0.1) is 0 Å². The third-order valence-electron chi connectivity index (χ3n) is 5.00. The van der Waals surface area contributed by atoms with Crippen LogP contribution in [0.4, 0.5) is 0 Å². The van der Waals surface area contributed by atoms with Gasteiger partial charge in [-0.3, -0.25) is 0 Å². The molecule has 2 rings (SSSR count). The van der Waals surface area contributed by atoms with Crippen LogP contribution in [0, 0.1) is 11.8 Å². The maximum absolute atomic E-state index is 9.00. The van der Waals surface area contributed by atoms with E-state index in [1.165, 1.54) is 58.2 Å². The highest BCUT2D eigenvalue weighted by Crippen LogP contribution is 2.25. The van der Waals surface area contributed by atoms with E-state index < -0.39 is 0 Å².